The van der Waals surface area contributed by atoms with Crippen molar-refractivity contribution in [3.8, 4) is 0 Å². The van der Waals surface area contributed by atoms with Crippen molar-refractivity contribution in [2.24, 2.45) is 5.92 Å². The van der Waals surface area contributed by atoms with Crippen molar-refractivity contribution in [2.75, 3.05) is 12.3 Å². The largest absolute Gasteiger partial charge is 0.392 e. The van der Waals surface area contributed by atoms with E-state index in [0.29, 0.717) is 12.2 Å². The molecule has 1 saturated heterocycles. The Morgan fingerprint density at radius 2 is 2.33 bits per heavy atom. The Hall–Kier alpha value is -0.550. The van der Waals surface area contributed by atoms with E-state index in [0.717, 1.165) is 19.4 Å². The van der Waals surface area contributed by atoms with Crippen LogP contribution in [-0.4, -0.2) is 30.3 Å². The van der Waals surface area contributed by atoms with Crippen molar-refractivity contribution in [1.29, 1.82) is 0 Å². The highest BCUT2D eigenvalue weighted by Crippen LogP contribution is 2.10. The van der Waals surface area contributed by atoms with Gasteiger partial charge in [-0.3, -0.25) is 4.79 Å². The summed E-state index contributed by atoms with van der Waals surface area (Å²) in [6.45, 7) is 2.56. The predicted molar refractivity (Wildman–Crippen MR) is 59.8 cm³/mol. The molecule has 0 spiro atoms. The molecule has 0 aromatic carbocycles. The van der Waals surface area contributed by atoms with Crippen LogP contribution < -0.4 is 5.32 Å². The maximum absolute atomic E-state index is 11.4. The molecule has 5 heteroatoms. The van der Waals surface area contributed by atoms with Crippen LogP contribution in [0.3, 0.4) is 0 Å². The van der Waals surface area contributed by atoms with Crippen LogP contribution in [0.1, 0.15) is 26.2 Å². The monoisotopic (exact) mass is 231 g/mol. The minimum absolute atomic E-state index is 0.257. The smallest absolute Gasteiger partial charge is 0.330 e. The first kappa shape index (κ1) is 12.5. The summed E-state index contributed by atoms with van der Waals surface area (Å²) in [5.41, 5.74) is 0. The Morgan fingerprint density at radius 1 is 1.60 bits per heavy atom. The van der Waals surface area contributed by atoms with Gasteiger partial charge in [0, 0.05) is 0 Å². The molecular formula is C10H17NO3S. The summed E-state index contributed by atoms with van der Waals surface area (Å²) in [5, 5.41) is 2.99. The van der Waals surface area contributed by atoms with Crippen LogP contribution in [0.25, 0.3) is 0 Å². The molecular weight excluding hydrogens is 214 g/mol. The zero-order chi connectivity index (χ0) is 11.3. The molecule has 2 atom stereocenters. The molecule has 0 aromatic heterocycles. The van der Waals surface area contributed by atoms with Gasteiger partial charge in [0.25, 0.3) is 0 Å². The van der Waals surface area contributed by atoms with Gasteiger partial charge in [-0.1, -0.05) is 6.92 Å². The lowest BCUT2D eigenvalue weighted by Crippen LogP contribution is -2.35. The van der Waals surface area contributed by atoms with Gasteiger partial charge in [-0.2, -0.15) is 12.6 Å². The summed E-state index contributed by atoms with van der Waals surface area (Å²) in [5.74, 6) is -0.523. The Morgan fingerprint density at radius 3 is 2.87 bits per heavy atom. The van der Waals surface area contributed by atoms with Gasteiger partial charge in [0.05, 0.1) is 5.92 Å². The van der Waals surface area contributed by atoms with Gasteiger partial charge in [0.15, 0.2) is 0 Å². The van der Waals surface area contributed by atoms with Gasteiger partial charge in [0.2, 0.25) is 0 Å². The van der Waals surface area contributed by atoms with Crippen LogP contribution in [0, 0.1) is 5.92 Å². The Balaban J connectivity index is 2.33. The fourth-order valence-electron chi connectivity index (χ4n) is 1.47. The predicted octanol–water partition coefficient (Wildman–Crippen LogP) is 0.764. The van der Waals surface area contributed by atoms with Crippen LogP contribution >= 0.6 is 12.6 Å². The maximum Gasteiger partial charge on any atom is 0.330 e. The van der Waals surface area contributed by atoms with Crippen molar-refractivity contribution < 1.29 is 14.3 Å². The standard InChI is InChI=1S/C10H17NO3S/c1-7(4-6-15)9(12)14-10(13)8-3-2-5-11-8/h7-8,11,15H,2-6H2,1H3/t7?,8-/m0/s1. The van der Waals surface area contributed by atoms with Gasteiger partial charge in [0.1, 0.15) is 6.04 Å². The summed E-state index contributed by atoms with van der Waals surface area (Å²) in [6, 6.07) is -0.294. The summed E-state index contributed by atoms with van der Waals surface area (Å²) < 4.78 is 4.77. The molecule has 0 aromatic rings. The van der Waals surface area contributed by atoms with E-state index in [1.54, 1.807) is 6.92 Å². The van der Waals surface area contributed by atoms with E-state index in [-0.39, 0.29) is 12.0 Å². The van der Waals surface area contributed by atoms with Crippen molar-refractivity contribution in [3.05, 3.63) is 0 Å². The van der Waals surface area contributed by atoms with Crippen molar-refractivity contribution in [3.63, 3.8) is 0 Å². The lowest BCUT2D eigenvalue weighted by atomic mass is 10.1. The van der Waals surface area contributed by atoms with Gasteiger partial charge in [-0.15, -0.1) is 0 Å². The number of nitrogens with one attached hydrogen (secondary N) is 1. The SMILES string of the molecule is CC(CCS)C(=O)OC(=O)[C@@H]1CCCN1. The van der Waals surface area contributed by atoms with E-state index in [1.165, 1.54) is 0 Å². The third-order valence-corrected chi connectivity index (χ3v) is 2.77. The maximum atomic E-state index is 11.4. The number of carbonyl (C=O) groups is 2. The van der Waals surface area contributed by atoms with Crippen LogP contribution in [0.4, 0.5) is 0 Å². The Labute approximate surface area is 95.2 Å². The number of esters is 2. The fourth-order valence-corrected chi connectivity index (χ4v) is 1.86. The highest BCUT2D eigenvalue weighted by Gasteiger charge is 2.27. The minimum atomic E-state index is -0.442. The van der Waals surface area contributed by atoms with Crippen molar-refractivity contribution >= 4 is 24.6 Å². The zero-order valence-corrected chi connectivity index (χ0v) is 9.76. The molecule has 0 bridgehead atoms. The van der Waals surface area contributed by atoms with Crippen LogP contribution in [0.15, 0.2) is 0 Å². The molecule has 1 aliphatic rings. The van der Waals surface area contributed by atoms with Gasteiger partial charge in [-0.05, 0) is 31.6 Å². The number of hydrogen-bond donors (Lipinski definition) is 2. The Kier molecular flexibility index (Phi) is 5.11. The molecule has 1 N–H and O–H groups in total. The number of thiol groups is 1. The average Bonchev–Trinajstić information content (AvgIpc) is 2.70. The van der Waals surface area contributed by atoms with E-state index in [4.69, 9.17) is 4.74 Å². The number of rotatable bonds is 4. The molecule has 0 radical (unpaired) electrons. The molecule has 15 heavy (non-hydrogen) atoms. The first-order valence-electron chi connectivity index (χ1n) is 5.25. The number of hydrogen-bond acceptors (Lipinski definition) is 5. The van der Waals surface area contributed by atoms with E-state index in [1.807, 2.05) is 0 Å². The average molecular weight is 231 g/mol. The molecule has 1 heterocycles. The van der Waals surface area contributed by atoms with Gasteiger partial charge >= 0.3 is 11.9 Å². The zero-order valence-electron chi connectivity index (χ0n) is 8.86. The van der Waals surface area contributed by atoms with Crippen molar-refractivity contribution in [2.45, 2.75) is 32.2 Å². The lowest BCUT2D eigenvalue weighted by Gasteiger charge is -2.11. The summed E-state index contributed by atoms with van der Waals surface area (Å²) in [6.07, 6.45) is 2.35. The molecule has 0 aliphatic carbocycles. The first-order valence-corrected chi connectivity index (χ1v) is 5.88. The second kappa shape index (κ2) is 6.12. The van der Waals surface area contributed by atoms with Crippen LogP contribution in [0.5, 0.6) is 0 Å². The van der Waals surface area contributed by atoms with E-state index < -0.39 is 11.9 Å². The topological polar surface area (TPSA) is 55.4 Å². The molecule has 1 aliphatic heterocycles. The number of ether oxygens (including phenoxy) is 1. The van der Waals surface area contributed by atoms with E-state index in [2.05, 4.69) is 17.9 Å². The minimum Gasteiger partial charge on any atom is -0.392 e. The lowest BCUT2D eigenvalue weighted by molar-refractivity contribution is -0.163. The van der Waals surface area contributed by atoms with E-state index in [9.17, 15) is 9.59 Å². The molecule has 0 saturated carbocycles. The highest BCUT2D eigenvalue weighted by molar-refractivity contribution is 7.80. The van der Waals surface area contributed by atoms with Gasteiger partial charge in [-0.25, -0.2) is 4.79 Å². The quantitative estimate of drug-likeness (QED) is 0.426. The third-order valence-electron chi connectivity index (χ3n) is 2.51. The van der Waals surface area contributed by atoms with E-state index >= 15 is 0 Å². The Bertz CT molecular complexity index is 239. The van der Waals surface area contributed by atoms with Crippen molar-refractivity contribution in [1.82, 2.24) is 5.32 Å². The van der Waals surface area contributed by atoms with Gasteiger partial charge < -0.3 is 10.1 Å². The molecule has 1 unspecified atom stereocenters. The molecule has 1 fully saturated rings. The second-order valence-corrected chi connectivity index (χ2v) is 4.25. The fraction of sp³-hybridized carbons (Fsp3) is 0.800. The normalized spacial score (nSPS) is 22.4. The third kappa shape index (κ3) is 3.83. The summed E-state index contributed by atoms with van der Waals surface area (Å²) >= 11 is 4.03. The molecule has 1 rings (SSSR count). The van der Waals surface area contributed by atoms with Crippen LogP contribution in [-0.2, 0) is 14.3 Å². The highest BCUT2D eigenvalue weighted by atomic mass is 32.1. The molecule has 0 amide bonds. The summed E-state index contributed by atoms with van der Waals surface area (Å²) in [7, 11) is 0. The number of carbonyl (C=O) groups excluding carboxylic acids is 2. The summed E-state index contributed by atoms with van der Waals surface area (Å²) in [4.78, 5) is 22.8. The van der Waals surface area contributed by atoms with Crippen LogP contribution in [0.2, 0.25) is 0 Å². The first-order chi connectivity index (χ1) is 7.15. The second-order valence-electron chi connectivity index (χ2n) is 3.80. The molecule has 86 valence electrons. The molecule has 4 nitrogen and oxygen atoms in total.